The minimum atomic E-state index is -0.909. The van der Waals surface area contributed by atoms with Gasteiger partial charge in [-0.15, -0.1) is 0 Å². The fourth-order valence-corrected chi connectivity index (χ4v) is 1.53. The van der Waals surface area contributed by atoms with Crippen molar-refractivity contribution in [1.82, 2.24) is 0 Å². The van der Waals surface area contributed by atoms with Gasteiger partial charge in [-0.25, -0.2) is 4.79 Å². The molecule has 0 heterocycles. The molecular weight excluding hydrogens is 192 g/mol. The molecule has 1 rings (SSSR count). The fraction of sp³-hybridized carbons (Fsp3) is 0.583. The Morgan fingerprint density at radius 3 is 2.87 bits per heavy atom. The Morgan fingerprint density at radius 1 is 1.67 bits per heavy atom. The number of carbonyl (C=O) groups is 1. The summed E-state index contributed by atoms with van der Waals surface area (Å²) in [6.07, 6.45) is 7.38. The van der Waals surface area contributed by atoms with Crippen LogP contribution in [0.4, 0.5) is 0 Å². The predicted octanol–water partition coefficient (Wildman–Crippen LogP) is 2.25. The van der Waals surface area contributed by atoms with E-state index in [1.165, 1.54) is 5.57 Å². The second kappa shape index (κ2) is 5.71. The zero-order valence-corrected chi connectivity index (χ0v) is 9.27. The van der Waals surface area contributed by atoms with Crippen LogP contribution in [0, 0.1) is 11.8 Å². The Labute approximate surface area is 90.4 Å². The van der Waals surface area contributed by atoms with Crippen molar-refractivity contribution in [2.45, 2.75) is 20.3 Å². The van der Waals surface area contributed by atoms with E-state index in [4.69, 9.17) is 9.84 Å². The Bertz CT molecular complexity index is 277. The van der Waals surface area contributed by atoms with E-state index in [-0.39, 0.29) is 6.61 Å². The molecule has 0 bridgehead atoms. The third-order valence-corrected chi connectivity index (χ3v) is 2.44. The second-order valence-electron chi connectivity index (χ2n) is 4.12. The zero-order chi connectivity index (χ0) is 11.3. The normalized spacial score (nSPS) is 20.5. The van der Waals surface area contributed by atoms with E-state index in [9.17, 15) is 4.79 Å². The number of rotatable bonds is 5. The molecule has 3 heteroatoms. The van der Waals surface area contributed by atoms with Gasteiger partial charge < -0.3 is 9.84 Å². The third-order valence-electron chi connectivity index (χ3n) is 2.44. The number of hydrogen-bond acceptors (Lipinski definition) is 2. The molecular formula is C12H18O3. The van der Waals surface area contributed by atoms with Crippen molar-refractivity contribution in [1.29, 1.82) is 0 Å². The third kappa shape index (κ3) is 4.30. The van der Waals surface area contributed by atoms with Crippen LogP contribution in [-0.2, 0) is 9.53 Å². The molecule has 0 saturated heterocycles. The van der Waals surface area contributed by atoms with Crippen LogP contribution in [-0.4, -0.2) is 24.3 Å². The lowest BCUT2D eigenvalue weighted by molar-refractivity contribution is -0.142. The van der Waals surface area contributed by atoms with E-state index in [0.29, 0.717) is 18.4 Å². The molecule has 15 heavy (non-hydrogen) atoms. The van der Waals surface area contributed by atoms with Crippen LogP contribution in [0.3, 0.4) is 0 Å². The van der Waals surface area contributed by atoms with Crippen LogP contribution in [0.25, 0.3) is 0 Å². The molecule has 0 aromatic carbocycles. The lowest BCUT2D eigenvalue weighted by atomic mass is 9.92. The van der Waals surface area contributed by atoms with Crippen molar-refractivity contribution in [2.75, 3.05) is 13.2 Å². The van der Waals surface area contributed by atoms with Crippen LogP contribution >= 0.6 is 0 Å². The first-order chi connectivity index (χ1) is 7.09. The number of aliphatic carboxylic acids is 1. The van der Waals surface area contributed by atoms with Crippen molar-refractivity contribution < 1.29 is 14.6 Å². The lowest BCUT2D eigenvalue weighted by Gasteiger charge is -2.17. The maximum Gasteiger partial charge on any atom is 0.329 e. The molecule has 3 nitrogen and oxygen atoms in total. The summed E-state index contributed by atoms with van der Waals surface area (Å²) in [7, 11) is 0. The highest BCUT2D eigenvalue weighted by Crippen LogP contribution is 2.21. The topological polar surface area (TPSA) is 46.5 Å². The molecule has 1 N–H and O–H groups in total. The quantitative estimate of drug-likeness (QED) is 0.757. The van der Waals surface area contributed by atoms with Gasteiger partial charge in [-0.05, 0) is 17.9 Å². The van der Waals surface area contributed by atoms with E-state index in [1.54, 1.807) is 0 Å². The Kier molecular flexibility index (Phi) is 4.56. The molecule has 0 fully saturated rings. The molecule has 1 aliphatic rings. The largest absolute Gasteiger partial charge is 0.480 e. The SMILES string of the molecule is CC(C)C1=CCC(COCC(=O)O)C=C1. The van der Waals surface area contributed by atoms with Gasteiger partial charge in [0.25, 0.3) is 0 Å². The van der Waals surface area contributed by atoms with Gasteiger partial charge in [0.15, 0.2) is 0 Å². The molecule has 0 aliphatic heterocycles. The van der Waals surface area contributed by atoms with Gasteiger partial charge in [-0.2, -0.15) is 0 Å². The van der Waals surface area contributed by atoms with E-state index < -0.39 is 5.97 Å². The smallest absolute Gasteiger partial charge is 0.329 e. The van der Waals surface area contributed by atoms with Crippen molar-refractivity contribution in [3.05, 3.63) is 23.8 Å². The minimum absolute atomic E-state index is 0.203. The van der Waals surface area contributed by atoms with E-state index in [0.717, 1.165) is 6.42 Å². The van der Waals surface area contributed by atoms with Crippen LogP contribution in [0.1, 0.15) is 20.3 Å². The molecule has 1 unspecified atom stereocenters. The predicted molar refractivity (Wildman–Crippen MR) is 58.6 cm³/mol. The summed E-state index contributed by atoms with van der Waals surface area (Å²) in [6, 6.07) is 0. The van der Waals surface area contributed by atoms with Gasteiger partial charge in [0, 0.05) is 5.92 Å². The van der Waals surface area contributed by atoms with Crippen LogP contribution in [0.2, 0.25) is 0 Å². The van der Waals surface area contributed by atoms with Gasteiger partial charge in [0.2, 0.25) is 0 Å². The summed E-state index contributed by atoms with van der Waals surface area (Å²) < 4.78 is 5.05. The van der Waals surface area contributed by atoms with Gasteiger partial charge in [-0.3, -0.25) is 0 Å². The highest BCUT2D eigenvalue weighted by molar-refractivity contribution is 5.67. The standard InChI is InChI=1S/C12H18O3/c1-9(2)11-5-3-10(4-6-11)7-15-8-12(13)14/h3,5-6,9-10H,4,7-8H2,1-2H3,(H,13,14). The molecule has 0 spiro atoms. The summed E-state index contributed by atoms with van der Waals surface area (Å²) >= 11 is 0. The summed E-state index contributed by atoms with van der Waals surface area (Å²) in [5, 5.41) is 8.40. The average Bonchev–Trinajstić information content (AvgIpc) is 2.18. The lowest BCUT2D eigenvalue weighted by Crippen LogP contribution is -2.14. The molecule has 0 aromatic rings. The summed E-state index contributed by atoms with van der Waals surface area (Å²) in [5.41, 5.74) is 1.35. The van der Waals surface area contributed by atoms with Crippen molar-refractivity contribution in [3.8, 4) is 0 Å². The van der Waals surface area contributed by atoms with Crippen molar-refractivity contribution >= 4 is 5.97 Å². The monoisotopic (exact) mass is 210 g/mol. The van der Waals surface area contributed by atoms with Crippen LogP contribution in [0.15, 0.2) is 23.8 Å². The Morgan fingerprint density at radius 2 is 2.40 bits per heavy atom. The zero-order valence-electron chi connectivity index (χ0n) is 9.27. The molecule has 0 aromatic heterocycles. The van der Waals surface area contributed by atoms with Gasteiger partial charge in [0.1, 0.15) is 6.61 Å². The molecule has 0 saturated carbocycles. The van der Waals surface area contributed by atoms with E-state index in [1.807, 2.05) is 0 Å². The summed E-state index contributed by atoms with van der Waals surface area (Å²) in [6.45, 7) is 4.62. The minimum Gasteiger partial charge on any atom is -0.480 e. The first-order valence-electron chi connectivity index (χ1n) is 5.27. The molecule has 1 atom stereocenters. The fourth-order valence-electron chi connectivity index (χ4n) is 1.53. The highest BCUT2D eigenvalue weighted by atomic mass is 16.5. The first kappa shape index (κ1) is 12.0. The first-order valence-corrected chi connectivity index (χ1v) is 5.27. The van der Waals surface area contributed by atoms with Crippen LogP contribution < -0.4 is 0 Å². The second-order valence-corrected chi connectivity index (χ2v) is 4.12. The number of hydrogen-bond donors (Lipinski definition) is 1. The summed E-state index contributed by atoms with van der Waals surface area (Å²) in [4.78, 5) is 10.2. The van der Waals surface area contributed by atoms with Gasteiger partial charge in [0.05, 0.1) is 6.61 Å². The Hall–Kier alpha value is -1.09. The summed E-state index contributed by atoms with van der Waals surface area (Å²) in [5.74, 6) is -0.0258. The maximum absolute atomic E-state index is 10.2. The van der Waals surface area contributed by atoms with Crippen LogP contribution in [0.5, 0.6) is 0 Å². The van der Waals surface area contributed by atoms with E-state index >= 15 is 0 Å². The molecule has 1 aliphatic carbocycles. The van der Waals surface area contributed by atoms with Gasteiger partial charge in [-0.1, -0.05) is 32.1 Å². The number of allylic oxidation sites excluding steroid dienone is 3. The molecule has 0 amide bonds. The highest BCUT2D eigenvalue weighted by Gasteiger charge is 2.11. The number of ether oxygens (including phenoxy) is 1. The number of carboxylic acids is 1. The van der Waals surface area contributed by atoms with E-state index in [2.05, 4.69) is 32.1 Å². The molecule has 84 valence electrons. The number of carboxylic acid groups (broad SMARTS) is 1. The van der Waals surface area contributed by atoms with Crippen molar-refractivity contribution in [3.63, 3.8) is 0 Å². The average molecular weight is 210 g/mol. The molecule has 0 radical (unpaired) electrons. The van der Waals surface area contributed by atoms with Gasteiger partial charge >= 0.3 is 5.97 Å². The maximum atomic E-state index is 10.2. The van der Waals surface area contributed by atoms with Crippen molar-refractivity contribution in [2.24, 2.45) is 11.8 Å². The Balaban J connectivity index is 2.27.